The SMILES string of the molecule is CCC(Sc1cccc(NC(=O)c2cccc(C)c2)c1)C(=O)Nc1cccc2c1C(=O)c1ccccc1C2=O. The van der Waals surface area contributed by atoms with Crippen molar-refractivity contribution in [1.29, 1.82) is 0 Å². The zero-order valence-corrected chi connectivity index (χ0v) is 22.3. The van der Waals surface area contributed by atoms with E-state index in [1.165, 1.54) is 11.8 Å². The van der Waals surface area contributed by atoms with E-state index in [1.54, 1.807) is 54.6 Å². The first-order valence-electron chi connectivity index (χ1n) is 12.6. The van der Waals surface area contributed by atoms with Gasteiger partial charge in [0.25, 0.3) is 5.91 Å². The van der Waals surface area contributed by atoms with Crippen LogP contribution in [0.2, 0.25) is 0 Å². The molecule has 4 aromatic rings. The van der Waals surface area contributed by atoms with Crippen molar-refractivity contribution in [3.63, 3.8) is 0 Å². The van der Waals surface area contributed by atoms with Crippen LogP contribution < -0.4 is 10.6 Å². The fourth-order valence-electron chi connectivity index (χ4n) is 4.59. The molecule has 1 aliphatic rings. The number of hydrogen-bond acceptors (Lipinski definition) is 5. The van der Waals surface area contributed by atoms with Crippen molar-refractivity contribution >= 4 is 46.5 Å². The summed E-state index contributed by atoms with van der Waals surface area (Å²) in [5.74, 6) is -0.999. The van der Waals surface area contributed by atoms with Crippen LogP contribution in [0.1, 0.15) is 61.1 Å². The van der Waals surface area contributed by atoms with Gasteiger partial charge in [0.1, 0.15) is 0 Å². The third-order valence-electron chi connectivity index (χ3n) is 6.52. The minimum absolute atomic E-state index is 0.208. The lowest BCUT2D eigenvalue weighted by atomic mass is 9.83. The van der Waals surface area contributed by atoms with Crippen LogP contribution in [0.3, 0.4) is 0 Å². The average Bonchev–Trinajstić information content (AvgIpc) is 2.94. The van der Waals surface area contributed by atoms with E-state index in [-0.39, 0.29) is 34.5 Å². The quantitative estimate of drug-likeness (QED) is 0.232. The van der Waals surface area contributed by atoms with Crippen LogP contribution in [0.25, 0.3) is 0 Å². The molecule has 4 aromatic carbocycles. The lowest BCUT2D eigenvalue weighted by Crippen LogP contribution is -2.28. The second-order valence-corrected chi connectivity index (χ2v) is 10.6. The monoisotopic (exact) mass is 534 g/mol. The van der Waals surface area contributed by atoms with E-state index < -0.39 is 5.25 Å². The molecule has 0 heterocycles. The smallest absolute Gasteiger partial charge is 0.255 e. The van der Waals surface area contributed by atoms with Gasteiger partial charge in [-0.15, -0.1) is 11.8 Å². The number of hydrogen-bond donors (Lipinski definition) is 2. The summed E-state index contributed by atoms with van der Waals surface area (Å²) in [6.07, 6.45) is 0.529. The summed E-state index contributed by atoms with van der Waals surface area (Å²) in [7, 11) is 0. The molecular weight excluding hydrogens is 508 g/mol. The van der Waals surface area contributed by atoms with Gasteiger partial charge in [0.2, 0.25) is 5.91 Å². The van der Waals surface area contributed by atoms with Crippen LogP contribution in [0.5, 0.6) is 0 Å². The Kier molecular flexibility index (Phi) is 7.43. The molecule has 194 valence electrons. The molecule has 2 N–H and O–H groups in total. The molecule has 0 saturated carbocycles. The zero-order chi connectivity index (χ0) is 27.5. The van der Waals surface area contributed by atoms with Crippen molar-refractivity contribution in [2.24, 2.45) is 0 Å². The average molecular weight is 535 g/mol. The fraction of sp³-hybridized carbons (Fsp3) is 0.125. The highest BCUT2D eigenvalue weighted by Crippen LogP contribution is 2.33. The standard InChI is InChI=1S/C32H26N2O4S/c1-3-27(39-22-12-7-11-21(18-22)33-31(37)20-10-6-9-19(2)17-20)32(38)34-26-16-8-15-25-28(26)30(36)24-14-5-4-13-23(24)29(25)35/h4-18,27H,3H2,1-2H3,(H,33,37)(H,34,38). The Bertz CT molecular complexity index is 1630. The third-order valence-corrected chi connectivity index (χ3v) is 7.88. The summed E-state index contributed by atoms with van der Waals surface area (Å²) in [5, 5.41) is 5.34. The predicted molar refractivity (Wildman–Crippen MR) is 154 cm³/mol. The highest BCUT2D eigenvalue weighted by molar-refractivity contribution is 8.00. The van der Waals surface area contributed by atoms with Gasteiger partial charge in [-0.05, 0) is 49.7 Å². The third kappa shape index (κ3) is 5.40. The molecule has 39 heavy (non-hydrogen) atoms. The molecule has 0 fully saturated rings. The van der Waals surface area contributed by atoms with Crippen LogP contribution in [-0.4, -0.2) is 28.6 Å². The second-order valence-electron chi connectivity index (χ2n) is 9.29. The molecule has 1 unspecified atom stereocenters. The number of rotatable bonds is 7. The maximum absolute atomic E-state index is 13.3. The Balaban J connectivity index is 1.32. The van der Waals surface area contributed by atoms with E-state index in [1.807, 2.05) is 50.2 Å². The number of ketones is 2. The lowest BCUT2D eigenvalue weighted by molar-refractivity contribution is -0.115. The van der Waals surface area contributed by atoms with Crippen molar-refractivity contribution < 1.29 is 19.2 Å². The summed E-state index contributed by atoms with van der Waals surface area (Å²) in [4.78, 5) is 53.2. The normalized spacial score (nSPS) is 12.8. The zero-order valence-electron chi connectivity index (χ0n) is 21.5. The molecule has 1 atom stereocenters. The summed E-state index contributed by atoms with van der Waals surface area (Å²) in [6.45, 7) is 3.84. The van der Waals surface area contributed by atoms with Gasteiger partial charge in [-0.3, -0.25) is 19.2 Å². The van der Waals surface area contributed by atoms with E-state index in [0.717, 1.165) is 10.5 Å². The van der Waals surface area contributed by atoms with Gasteiger partial charge in [-0.2, -0.15) is 0 Å². The van der Waals surface area contributed by atoms with E-state index in [2.05, 4.69) is 10.6 Å². The Morgan fingerprint density at radius 3 is 2.21 bits per heavy atom. The summed E-state index contributed by atoms with van der Waals surface area (Å²) < 4.78 is 0. The Hall–Kier alpha value is -4.49. The number of carbonyl (C=O) groups excluding carboxylic acids is 4. The first-order valence-corrected chi connectivity index (χ1v) is 13.5. The summed E-state index contributed by atoms with van der Waals surface area (Å²) >= 11 is 1.37. The topological polar surface area (TPSA) is 92.3 Å². The van der Waals surface area contributed by atoms with E-state index >= 15 is 0 Å². The van der Waals surface area contributed by atoms with Crippen LogP contribution in [0, 0.1) is 6.92 Å². The van der Waals surface area contributed by atoms with Crippen LogP contribution >= 0.6 is 11.8 Å². The molecule has 0 radical (unpaired) electrons. The second kappa shape index (κ2) is 11.1. The van der Waals surface area contributed by atoms with Gasteiger partial charge < -0.3 is 10.6 Å². The molecule has 0 bridgehead atoms. The van der Waals surface area contributed by atoms with Crippen molar-refractivity contribution in [2.45, 2.75) is 30.4 Å². The van der Waals surface area contributed by atoms with Gasteiger partial charge in [0.15, 0.2) is 11.6 Å². The first kappa shape index (κ1) is 26.1. The van der Waals surface area contributed by atoms with Crippen molar-refractivity contribution in [3.05, 3.63) is 124 Å². The van der Waals surface area contributed by atoms with E-state index in [0.29, 0.717) is 34.5 Å². The minimum Gasteiger partial charge on any atom is -0.324 e. The Morgan fingerprint density at radius 2 is 1.46 bits per heavy atom. The summed E-state index contributed by atoms with van der Waals surface area (Å²) in [5.41, 5.74) is 3.73. The minimum atomic E-state index is -0.467. The van der Waals surface area contributed by atoms with E-state index in [9.17, 15) is 19.2 Å². The van der Waals surface area contributed by atoms with Crippen molar-refractivity contribution in [3.8, 4) is 0 Å². The van der Waals surface area contributed by atoms with Gasteiger partial charge in [-0.25, -0.2) is 0 Å². The molecule has 0 spiro atoms. The van der Waals surface area contributed by atoms with Crippen molar-refractivity contribution in [1.82, 2.24) is 0 Å². The van der Waals surface area contributed by atoms with Gasteiger partial charge >= 0.3 is 0 Å². The molecule has 6 nitrogen and oxygen atoms in total. The molecule has 0 aliphatic heterocycles. The van der Waals surface area contributed by atoms with Gasteiger partial charge in [0.05, 0.1) is 16.5 Å². The highest BCUT2D eigenvalue weighted by atomic mass is 32.2. The number of benzene rings is 4. The van der Waals surface area contributed by atoms with E-state index in [4.69, 9.17) is 0 Å². The lowest BCUT2D eigenvalue weighted by Gasteiger charge is -2.21. The number of anilines is 2. The molecule has 2 amide bonds. The molecule has 1 aliphatic carbocycles. The largest absolute Gasteiger partial charge is 0.324 e. The number of aryl methyl sites for hydroxylation is 1. The fourth-order valence-corrected chi connectivity index (χ4v) is 5.60. The van der Waals surface area contributed by atoms with Gasteiger partial charge in [0, 0.05) is 32.8 Å². The van der Waals surface area contributed by atoms with Gasteiger partial charge in [-0.1, -0.05) is 67.1 Å². The predicted octanol–water partition coefficient (Wildman–Crippen LogP) is 6.53. The van der Waals surface area contributed by atoms with Crippen LogP contribution in [-0.2, 0) is 4.79 Å². The molecule has 0 saturated heterocycles. The number of nitrogens with one attached hydrogen (secondary N) is 2. The Labute approximate surface area is 230 Å². The maximum Gasteiger partial charge on any atom is 0.255 e. The number of thioether (sulfide) groups is 1. The van der Waals surface area contributed by atoms with Crippen molar-refractivity contribution in [2.75, 3.05) is 10.6 Å². The number of fused-ring (bicyclic) bond motifs is 2. The highest BCUT2D eigenvalue weighted by Gasteiger charge is 2.32. The maximum atomic E-state index is 13.3. The molecule has 0 aromatic heterocycles. The number of amides is 2. The number of carbonyl (C=O) groups is 4. The molecule has 7 heteroatoms. The first-order chi connectivity index (χ1) is 18.9. The molecular formula is C32H26N2O4S. The van der Waals surface area contributed by atoms with Crippen LogP contribution in [0.15, 0.2) is 95.9 Å². The summed E-state index contributed by atoms with van der Waals surface area (Å²) in [6, 6.07) is 26.4. The Morgan fingerprint density at radius 1 is 0.769 bits per heavy atom. The molecule has 5 rings (SSSR count). The van der Waals surface area contributed by atoms with Crippen LogP contribution in [0.4, 0.5) is 11.4 Å².